The number of methoxy groups -OCH3 is 1. The second kappa shape index (κ2) is 9.62. The van der Waals surface area contributed by atoms with Gasteiger partial charge in [-0.2, -0.15) is 5.10 Å². The van der Waals surface area contributed by atoms with Crippen molar-refractivity contribution in [2.75, 3.05) is 31.8 Å². The quantitative estimate of drug-likeness (QED) is 0.546. The van der Waals surface area contributed by atoms with Gasteiger partial charge in [0, 0.05) is 37.3 Å². The number of nitrogens with one attached hydrogen (secondary N) is 2. The van der Waals surface area contributed by atoms with Crippen LogP contribution in [0.15, 0.2) is 53.7 Å². The first-order valence-electron chi connectivity index (χ1n) is 10.7. The molecule has 10 heteroatoms. The fourth-order valence-electron chi connectivity index (χ4n) is 4.16. The number of aromatic nitrogens is 3. The Hall–Kier alpha value is -3.40. The van der Waals surface area contributed by atoms with Gasteiger partial charge in [-0.1, -0.05) is 6.07 Å². The molecule has 1 aliphatic rings. The van der Waals surface area contributed by atoms with Crippen molar-refractivity contribution in [2.45, 2.75) is 24.2 Å². The molecule has 174 valence electrons. The molecule has 2 aromatic heterocycles. The lowest BCUT2D eigenvalue weighted by Gasteiger charge is -2.33. The molecular weight excluding hydrogens is 442 g/mol. The number of hydrogen-bond acceptors (Lipinski definition) is 7. The first-order chi connectivity index (χ1) is 15.8. The SMILES string of the molecule is COc1cccc(Nc2ncccc2C(=O)N2CCCC(Cc3[nH]ncc3S(C)(=O)=O)C2)c1. The van der Waals surface area contributed by atoms with E-state index < -0.39 is 9.84 Å². The maximum Gasteiger partial charge on any atom is 0.257 e. The van der Waals surface area contributed by atoms with Crippen molar-refractivity contribution in [2.24, 2.45) is 5.92 Å². The van der Waals surface area contributed by atoms with E-state index in [0.717, 1.165) is 18.5 Å². The van der Waals surface area contributed by atoms with E-state index >= 15 is 0 Å². The third kappa shape index (κ3) is 5.33. The molecule has 1 atom stereocenters. The summed E-state index contributed by atoms with van der Waals surface area (Å²) in [5.74, 6) is 1.21. The summed E-state index contributed by atoms with van der Waals surface area (Å²) in [6.07, 6.45) is 6.45. The van der Waals surface area contributed by atoms with Gasteiger partial charge in [0.15, 0.2) is 9.84 Å². The van der Waals surface area contributed by atoms with E-state index in [4.69, 9.17) is 4.74 Å². The molecule has 1 amide bonds. The number of aromatic amines is 1. The lowest BCUT2D eigenvalue weighted by Crippen LogP contribution is -2.41. The lowest BCUT2D eigenvalue weighted by molar-refractivity contribution is 0.0673. The van der Waals surface area contributed by atoms with Crippen LogP contribution in [0.1, 0.15) is 28.9 Å². The third-order valence-electron chi connectivity index (χ3n) is 5.75. The Balaban J connectivity index is 1.50. The molecular formula is C23H27N5O4S. The predicted octanol–water partition coefficient (Wildman–Crippen LogP) is 3.06. The minimum absolute atomic E-state index is 0.105. The van der Waals surface area contributed by atoms with Gasteiger partial charge in [0.2, 0.25) is 0 Å². The van der Waals surface area contributed by atoms with Gasteiger partial charge in [-0.15, -0.1) is 0 Å². The average molecular weight is 470 g/mol. The number of likely N-dealkylation sites (tertiary alicyclic amines) is 1. The van der Waals surface area contributed by atoms with E-state index in [-0.39, 0.29) is 16.7 Å². The number of anilines is 2. The molecule has 1 aromatic carbocycles. The Labute approximate surface area is 193 Å². The normalized spacial score (nSPS) is 16.4. The van der Waals surface area contributed by atoms with Crippen molar-refractivity contribution < 1.29 is 17.9 Å². The highest BCUT2D eigenvalue weighted by Crippen LogP contribution is 2.27. The molecule has 0 aliphatic carbocycles. The molecule has 3 heterocycles. The molecule has 1 unspecified atom stereocenters. The van der Waals surface area contributed by atoms with E-state index in [1.807, 2.05) is 29.2 Å². The summed E-state index contributed by atoms with van der Waals surface area (Å²) < 4.78 is 29.3. The fraction of sp³-hybridized carbons (Fsp3) is 0.348. The maximum absolute atomic E-state index is 13.4. The Kier molecular flexibility index (Phi) is 6.64. The average Bonchev–Trinajstić information content (AvgIpc) is 3.28. The van der Waals surface area contributed by atoms with Crippen molar-refractivity contribution in [1.29, 1.82) is 0 Å². The molecule has 0 radical (unpaired) electrons. The number of nitrogens with zero attached hydrogens (tertiary/aromatic N) is 3. The number of ether oxygens (including phenoxy) is 1. The first kappa shape index (κ1) is 22.8. The number of H-pyrrole nitrogens is 1. The highest BCUT2D eigenvalue weighted by atomic mass is 32.2. The fourth-order valence-corrected chi connectivity index (χ4v) is 4.98. The Morgan fingerprint density at radius 1 is 1.30 bits per heavy atom. The smallest absolute Gasteiger partial charge is 0.257 e. The molecule has 1 aliphatic heterocycles. The monoisotopic (exact) mass is 469 g/mol. The van der Waals surface area contributed by atoms with Gasteiger partial charge in [0.1, 0.15) is 16.5 Å². The van der Waals surface area contributed by atoms with Crippen LogP contribution in [0.25, 0.3) is 0 Å². The standard InChI is InChI=1S/C23H27N5O4S/c1-32-18-8-3-7-17(13-18)26-22-19(9-4-10-24-22)23(29)28-11-5-6-16(15-28)12-20-21(14-25-27-20)33(2,30)31/h3-4,7-10,13-14,16H,5-6,11-12,15H2,1-2H3,(H,24,26)(H,25,27). The van der Waals surface area contributed by atoms with Crippen LogP contribution < -0.4 is 10.1 Å². The van der Waals surface area contributed by atoms with E-state index in [1.54, 1.807) is 25.4 Å². The van der Waals surface area contributed by atoms with Crippen molar-refractivity contribution in [3.63, 3.8) is 0 Å². The van der Waals surface area contributed by atoms with Crippen LogP contribution in [0.2, 0.25) is 0 Å². The number of carbonyl (C=O) groups excluding carboxylic acids is 1. The molecule has 1 fully saturated rings. The molecule has 1 saturated heterocycles. The summed E-state index contributed by atoms with van der Waals surface area (Å²) >= 11 is 0. The third-order valence-corrected chi connectivity index (χ3v) is 6.90. The highest BCUT2D eigenvalue weighted by molar-refractivity contribution is 7.90. The second-order valence-corrected chi connectivity index (χ2v) is 10.2. The zero-order valence-electron chi connectivity index (χ0n) is 18.6. The van der Waals surface area contributed by atoms with Crippen LogP contribution in [-0.2, 0) is 16.3 Å². The van der Waals surface area contributed by atoms with Gasteiger partial charge in [0.25, 0.3) is 5.91 Å². The molecule has 0 saturated carbocycles. The van der Waals surface area contributed by atoms with Gasteiger partial charge in [0.05, 0.1) is 24.6 Å². The summed E-state index contributed by atoms with van der Waals surface area (Å²) in [6.45, 7) is 1.18. The summed E-state index contributed by atoms with van der Waals surface area (Å²) in [5, 5.41) is 9.95. The lowest BCUT2D eigenvalue weighted by atomic mass is 9.93. The van der Waals surface area contributed by atoms with Crippen LogP contribution >= 0.6 is 0 Å². The molecule has 0 spiro atoms. The van der Waals surface area contributed by atoms with Crippen LogP contribution in [0.4, 0.5) is 11.5 Å². The van der Waals surface area contributed by atoms with Gasteiger partial charge in [-0.25, -0.2) is 13.4 Å². The van der Waals surface area contributed by atoms with Crippen molar-refractivity contribution in [1.82, 2.24) is 20.1 Å². The van der Waals surface area contributed by atoms with Crippen LogP contribution in [0, 0.1) is 5.92 Å². The number of benzene rings is 1. The number of rotatable bonds is 7. The minimum Gasteiger partial charge on any atom is -0.497 e. The Morgan fingerprint density at radius 3 is 2.94 bits per heavy atom. The highest BCUT2D eigenvalue weighted by Gasteiger charge is 2.28. The van der Waals surface area contributed by atoms with Gasteiger partial charge < -0.3 is 15.0 Å². The maximum atomic E-state index is 13.4. The van der Waals surface area contributed by atoms with Gasteiger partial charge in [-0.05, 0) is 49.4 Å². The molecule has 33 heavy (non-hydrogen) atoms. The Bertz CT molecular complexity index is 1240. The largest absolute Gasteiger partial charge is 0.497 e. The summed E-state index contributed by atoms with van der Waals surface area (Å²) in [7, 11) is -1.75. The number of sulfone groups is 1. The Morgan fingerprint density at radius 2 is 2.15 bits per heavy atom. The van der Waals surface area contributed by atoms with Gasteiger partial charge >= 0.3 is 0 Å². The van der Waals surface area contributed by atoms with Crippen molar-refractivity contribution in [3.05, 3.63) is 60.0 Å². The van der Waals surface area contributed by atoms with Crippen LogP contribution in [-0.4, -0.2) is 60.9 Å². The summed E-state index contributed by atoms with van der Waals surface area (Å²) in [4.78, 5) is 19.8. The van der Waals surface area contributed by atoms with E-state index in [1.165, 1.54) is 12.5 Å². The molecule has 0 bridgehead atoms. The zero-order chi connectivity index (χ0) is 23.4. The van der Waals surface area contributed by atoms with Crippen molar-refractivity contribution >= 4 is 27.2 Å². The summed E-state index contributed by atoms with van der Waals surface area (Å²) in [5.41, 5.74) is 1.85. The van der Waals surface area contributed by atoms with E-state index in [2.05, 4.69) is 20.5 Å². The topological polar surface area (TPSA) is 117 Å². The van der Waals surface area contributed by atoms with Crippen molar-refractivity contribution in [3.8, 4) is 5.75 Å². The number of piperidine rings is 1. The minimum atomic E-state index is -3.35. The summed E-state index contributed by atoms with van der Waals surface area (Å²) in [6, 6.07) is 10.9. The zero-order valence-corrected chi connectivity index (χ0v) is 19.4. The number of carbonyl (C=O) groups is 1. The van der Waals surface area contributed by atoms with E-state index in [0.29, 0.717) is 42.3 Å². The van der Waals surface area contributed by atoms with E-state index in [9.17, 15) is 13.2 Å². The number of hydrogen-bond donors (Lipinski definition) is 2. The molecule has 3 aromatic rings. The first-order valence-corrected chi connectivity index (χ1v) is 12.6. The van der Waals surface area contributed by atoms with Crippen LogP contribution in [0.5, 0.6) is 5.75 Å². The number of amides is 1. The van der Waals surface area contributed by atoms with Crippen LogP contribution in [0.3, 0.4) is 0 Å². The number of pyridine rings is 1. The van der Waals surface area contributed by atoms with Gasteiger partial charge in [-0.3, -0.25) is 9.89 Å². The molecule has 2 N–H and O–H groups in total. The molecule has 4 rings (SSSR count). The molecule has 9 nitrogen and oxygen atoms in total. The second-order valence-electron chi connectivity index (χ2n) is 8.21. The predicted molar refractivity (Wildman–Crippen MR) is 125 cm³/mol.